The predicted octanol–water partition coefficient (Wildman–Crippen LogP) is 3.33. The molecule has 4 heteroatoms. The molecule has 106 valence electrons. The van der Waals surface area contributed by atoms with Crippen LogP contribution in [0, 0.1) is 11.3 Å². The Bertz CT molecular complexity index is 528. The summed E-state index contributed by atoms with van der Waals surface area (Å²) in [7, 11) is -3.09. The highest BCUT2D eigenvalue weighted by Gasteiger charge is 2.44. The third-order valence-electron chi connectivity index (χ3n) is 4.36. The molecule has 0 atom stereocenters. The molecule has 1 saturated carbocycles. The van der Waals surface area contributed by atoms with E-state index >= 15 is 0 Å². The van der Waals surface area contributed by atoms with E-state index in [-0.39, 0.29) is 5.75 Å². The lowest BCUT2D eigenvalue weighted by molar-refractivity contribution is 0.380. The van der Waals surface area contributed by atoms with Crippen molar-refractivity contribution in [1.82, 2.24) is 0 Å². The lowest BCUT2D eigenvalue weighted by Gasteiger charge is -2.20. The minimum absolute atomic E-state index is 0.149. The molecule has 1 aromatic rings. The van der Waals surface area contributed by atoms with Gasteiger partial charge in [0.25, 0.3) is 0 Å². The first-order valence-electron chi connectivity index (χ1n) is 6.96. The van der Waals surface area contributed by atoms with Gasteiger partial charge in [0.2, 0.25) is 0 Å². The smallest absolute Gasteiger partial charge is 0.178 e. The number of hydrogen-bond acceptors (Lipinski definition) is 3. The zero-order valence-electron chi connectivity index (χ0n) is 11.9. The summed E-state index contributed by atoms with van der Waals surface area (Å²) in [6.07, 6.45) is 2.58. The van der Waals surface area contributed by atoms with Crippen LogP contribution < -0.4 is 5.32 Å². The van der Waals surface area contributed by atoms with Crippen molar-refractivity contribution in [2.75, 3.05) is 17.6 Å². The Hall–Kier alpha value is -1.03. The molecule has 3 nitrogen and oxygen atoms in total. The second-order valence-electron chi connectivity index (χ2n) is 5.80. The average Bonchev–Trinajstić information content (AvgIpc) is 3.18. The second kappa shape index (κ2) is 5.16. The van der Waals surface area contributed by atoms with Gasteiger partial charge in [-0.1, -0.05) is 20.8 Å². The lowest BCUT2D eigenvalue weighted by atomic mass is 9.92. The molecule has 1 fully saturated rings. The van der Waals surface area contributed by atoms with Crippen molar-refractivity contribution in [2.45, 2.75) is 38.5 Å². The number of hydrogen-bond donors (Lipinski definition) is 1. The van der Waals surface area contributed by atoms with Crippen molar-refractivity contribution >= 4 is 15.5 Å². The van der Waals surface area contributed by atoms with E-state index in [4.69, 9.17) is 0 Å². The van der Waals surface area contributed by atoms with Crippen LogP contribution in [0.2, 0.25) is 0 Å². The molecule has 1 aliphatic rings. The Morgan fingerprint density at radius 2 is 1.79 bits per heavy atom. The molecule has 0 unspecified atom stereocenters. The summed E-state index contributed by atoms with van der Waals surface area (Å²) in [5.74, 6) is 0.843. The Morgan fingerprint density at radius 1 is 1.21 bits per heavy atom. The van der Waals surface area contributed by atoms with E-state index in [2.05, 4.69) is 19.2 Å². The molecule has 0 spiro atoms. The van der Waals surface area contributed by atoms with Gasteiger partial charge < -0.3 is 5.32 Å². The fourth-order valence-corrected chi connectivity index (χ4v) is 3.23. The van der Waals surface area contributed by atoms with Gasteiger partial charge in [0.15, 0.2) is 9.84 Å². The molecule has 0 amide bonds. The van der Waals surface area contributed by atoms with E-state index in [0.717, 1.165) is 12.2 Å². The molecular weight excluding hydrogens is 258 g/mol. The summed E-state index contributed by atoms with van der Waals surface area (Å²) >= 11 is 0. The van der Waals surface area contributed by atoms with Crippen molar-refractivity contribution in [1.29, 1.82) is 0 Å². The van der Waals surface area contributed by atoms with Crippen LogP contribution in [0.3, 0.4) is 0 Å². The molecule has 0 bridgehead atoms. The molecule has 0 aromatic heterocycles. The van der Waals surface area contributed by atoms with Crippen LogP contribution in [0.1, 0.15) is 33.6 Å². The fourth-order valence-electron chi connectivity index (χ4n) is 2.34. The van der Waals surface area contributed by atoms with Crippen molar-refractivity contribution in [3.05, 3.63) is 24.3 Å². The second-order valence-corrected chi connectivity index (χ2v) is 8.08. The quantitative estimate of drug-likeness (QED) is 0.870. The summed E-state index contributed by atoms with van der Waals surface area (Å²) in [6.45, 7) is 7.18. The number of sulfone groups is 1. The van der Waals surface area contributed by atoms with Gasteiger partial charge in [0, 0.05) is 12.2 Å². The van der Waals surface area contributed by atoms with E-state index in [9.17, 15) is 8.42 Å². The molecule has 1 aliphatic carbocycles. The SMILES string of the molecule is CCS(=O)(=O)c1ccc(NCC2(C(C)C)CC2)cc1. The number of rotatable bonds is 6. The van der Waals surface area contributed by atoms with Crippen LogP contribution in [0.25, 0.3) is 0 Å². The van der Waals surface area contributed by atoms with Gasteiger partial charge in [-0.2, -0.15) is 0 Å². The Morgan fingerprint density at radius 3 is 2.21 bits per heavy atom. The van der Waals surface area contributed by atoms with Gasteiger partial charge in [-0.3, -0.25) is 0 Å². The standard InChI is InChI=1S/C15H23NO2S/c1-4-19(17,18)14-7-5-13(6-8-14)16-11-15(9-10-15)12(2)3/h5-8,12,16H,4,9-11H2,1-3H3. The van der Waals surface area contributed by atoms with Gasteiger partial charge in [-0.05, 0) is 48.4 Å². The van der Waals surface area contributed by atoms with Gasteiger partial charge in [-0.25, -0.2) is 8.42 Å². The van der Waals surface area contributed by atoms with E-state index in [1.165, 1.54) is 12.8 Å². The van der Waals surface area contributed by atoms with E-state index in [1.807, 2.05) is 12.1 Å². The molecule has 1 N–H and O–H groups in total. The number of benzene rings is 1. The monoisotopic (exact) mass is 281 g/mol. The molecule has 19 heavy (non-hydrogen) atoms. The maximum absolute atomic E-state index is 11.7. The van der Waals surface area contributed by atoms with Crippen LogP contribution in [-0.4, -0.2) is 20.7 Å². The van der Waals surface area contributed by atoms with E-state index < -0.39 is 9.84 Å². The maximum atomic E-state index is 11.7. The van der Waals surface area contributed by atoms with Crippen LogP contribution in [0.15, 0.2) is 29.2 Å². The molecule has 0 aliphatic heterocycles. The third kappa shape index (κ3) is 3.11. The minimum atomic E-state index is -3.09. The minimum Gasteiger partial charge on any atom is -0.384 e. The summed E-state index contributed by atoms with van der Waals surface area (Å²) in [4.78, 5) is 0.408. The maximum Gasteiger partial charge on any atom is 0.178 e. The number of anilines is 1. The molecule has 0 heterocycles. The first-order valence-corrected chi connectivity index (χ1v) is 8.61. The fraction of sp³-hybridized carbons (Fsp3) is 0.600. The Balaban J connectivity index is 2.00. The first-order chi connectivity index (χ1) is 8.89. The van der Waals surface area contributed by atoms with E-state index in [1.54, 1.807) is 19.1 Å². The van der Waals surface area contributed by atoms with Crippen molar-refractivity contribution in [3.8, 4) is 0 Å². The zero-order valence-corrected chi connectivity index (χ0v) is 12.8. The molecule has 2 rings (SSSR count). The van der Waals surface area contributed by atoms with Gasteiger partial charge in [0.1, 0.15) is 0 Å². The molecule has 0 radical (unpaired) electrons. The highest BCUT2D eigenvalue weighted by atomic mass is 32.2. The summed E-state index contributed by atoms with van der Waals surface area (Å²) in [6, 6.07) is 7.10. The Kier molecular flexibility index (Phi) is 3.90. The number of nitrogens with one attached hydrogen (secondary N) is 1. The molecular formula is C15H23NO2S. The van der Waals surface area contributed by atoms with Crippen LogP contribution in [0.5, 0.6) is 0 Å². The normalized spacial score (nSPS) is 17.5. The van der Waals surface area contributed by atoms with Gasteiger partial charge in [-0.15, -0.1) is 0 Å². The third-order valence-corrected chi connectivity index (χ3v) is 6.11. The van der Waals surface area contributed by atoms with Crippen molar-refractivity contribution < 1.29 is 8.42 Å². The summed E-state index contributed by atoms with van der Waals surface area (Å²) in [5, 5.41) is 3.43. The topological polar surface area (TPSA) is 46.2 Å². The largest absolute Gasteiger partial charge is 0.384 e. The lowest BCUT2D eigenvalue weighted by Crippen LogP contribution is -2.20. The van der Waals surface area contributed by atoms with Crippen molar-refractivity contribution in [3.63, 3.8) is 0 Å². The zero-order chi connectivity index (χ0) is 14.1. The van der Waals surface area contributed by atoms with Gasteiger partial charge in [0.05, 0.1) is 10.6 Å². The van der Waals surface area contributed by atoms with Crippen LogP contribution in [-0.2, 0) is 9.84 Å². The van der Waals surface area contributed by atoms with E-state index in [0.29, 0.717) is 16.2 Å². The molecule has 1 aromatic carbocycles. The molecule has 0 saturated heterocycles. The van der Waals surface area contributed by atoms with Crippen LogP contribution in [0.4, 0.5) is 5.69 Å². The van der Waals surface area contributed by atoms with Crippen LogP contribution >= 0.6 is 0 Å². The summed E-state index contributed by atoms with van der Waals surface area (Å²) < 4.78 is 23.4. The first kappa shape index (κ1) is 14.4. The summed E-state index contributed by atoms with van der Waals surface area (Å²) in [5.41, 5.74) is 1.45. The van der Waals surface area contributed by atoms with Gasteiger partial charge >= 0.3 is 0 Å². The average molecular weight is 281 g/mol. The highest BCUT2D eigenvalue weighted by Crippen LogP contribution is 2.51. The Labute approximate surface area is 116 Å². The highest BCUT2D eigenvalue weighted by molar-refractivity contribution is 7.91. The predicted molar refractivity (Wildman–Crippen MR) is 79.2 cm³/mol. The van der Waals surface area contributed by atoms with Crippen molar-refractivity contribution in [2.24, 2.45) is 11.3 Å².